The highest BCUT2D eigenvalue weighted by atomic mass is 79.9. The van der Waals surface area contributed by atoms with E-state index in [9.17, 15) is 10.1 Å². The SMILES string of the molecule is C#CCOc1c(Br)cc(/C=C(/C#N)C(=O)NCc2ccc(OC)cc2)cc1Br. The molecule has 1 N–H and O–H groups in total. The van der Waals surface area contributed by atoms with Gasteiger partial charge in [-0.3, -0.25) is 4.79 Å². The quantitative estimate of drug-likeness (QED) is 0.344. The molecule has 0 unspecified atom stereocenters. The molecule has 0 heterocycles. The van der Waals surface area contributed by atoms with Crippen molar-refractivity contribution in [3.8, 4) is 29.9 Å². The third kappa shape index (κ3) is 5.88. The monoisotopic (exact) mass is 502 g/mol. The van der Waals surface area contributed by atoms with E-state index in [4.69, 9.17) is 15.9 Å². The number of amides is 1. The van der Waals surface area contributed by atoms with Gasteiger partial charge >= 0.3 is 0 Å². The summed E-state index contributed by atoms with van der Waals surface area (Å²) in [5.41, 5.74) is 1.54. The lowest BCUT2D eigenvalue weighted by Gasteiger charge is -2.09. The van der Waals surface area contributed by atoms with E-state index in [-0.39, 0.29) is 12.2 Å². The van der Waals surface area contributed by atoms with E-state index in [1.165, 1.54) is 6.08 Å². The standard InChI is InChI=1S/C21H16Br2N2O3/c1-3-8-28-20-18(22)10-15(11-19(20)23)9-16(12-24)21(26)25-13-14-4-6-17(27-2)7-5-14/h1,4-7,9-11H,8,13H2,2H3,(H,25,26)/b16-9-. The van der Waals surface area contributed by atoms with Crippen LogP contribution in [0.5, 0.6) is 11.5 Å². The second-order valence-electron chi connectivity index (χ2n) is 5.51. The molecule has 142 valence electrons. The molecule has 0 aliphatic rings. The second kappa shape index (κ2) is 10.6. The Kier molecular flexibility index (Phi) is 8.13. The molecule has 0 bridgehead atoms. The van der Waals surface area contributed by atoms with Gasteiger partial charge in [0.25, 0.3) is 5.91 Å². The summed E-state index contributed by atoms with van der Waals surface area (Å²) >= 11 is 6.81. The molecule has 2 aromatic rings. The first-order chi connectivity index (χ1) is 13.5. The van der Waals surface area contributed by atoms with Gasteiger partial charge in [0.1, 0.15) is 29.7 Å². The maximum absolute atomic E-state index is 12.4. The van der Waals surface area contributed by atoms with Gasteiger partial charge in [-0.1, -0.05) is 18.1 Å². The molecule has 2 aromatic carbocycles. The van der Waals surface area contributed by atoms with Crippen LogP contribution in [0.3, 0.4) is 0 Å². The molecule has 0 aliphatic heterocycles. The highest BCUT2D eigenvalue weighted by Gasteiger charge is 2.12. The van der Waals surface area contributed by atoms with Gasteiger partial charge in [0.2, 0.25) is 0 Å². The Labute approximate surface area is 180 Å². The van der Waals surface area contributed by atoms with Crippen LogP contribution in [0.4, 0.5) is 0 Å². The summed E-state index contributed by atoms with van der Waals surface area (Å²) in [6, 6.07) is 12.7. The summed E-state index contributed by atoms with van der Waals surface area (Å²) in [7, 11) is 1.59. The van der Waals surface area contributed by atoms with Crippen molar-refractivity contribution >= 4 is 43.8 Å². The molecule has 0 aromatic heterocycles. The number of nitriles is 1. The van der Waals surface area contributed by atoms with Crippen molar-refractivity contribution in [1.82, 2.24) is 5.32 Å². The molecular formula is C21H16Br2N2O3. The van der Waals surface area contributed by atoms with E-state index in [2.05, 4.69) is 43.1 Å². The van der Waals surface area contributed by atoms with Crippen LogP contribution in [0.2, 0.25) is 0 Å². The Morgan fingerprint density at radius 3 is 2.43 bits per heavy atom. The maximum atomic E-state index is 12.4. The number of rotatable bonds is 7. The highest BCUT2D eigenvalue weighted by molar-refractivity contribution is 9.11. The van der Waals surface area contributed by atoms with Crippen molar-refractivity contribution < 1.29 is 14.3 Å². The first-order valence-electron chi connectivity index (χ1n) is 8.06. The number of terminal acetylenes is 1. The van der Waals surface area contributed by atoms with Crippen molar-refractivity contribution in [3.63, 3.8) is 0 Å². The van der Waals surface area contributed by atoms with E-state index in [0.29, 0.717) is 26.8 Å². The lowest BCUT2D eigenvalue weighted by molar-refractivity contribution is -0.117. The molecule has 0 fully saturated rings. The van der Waals surface area contributed by atoms with Crippen molar-refractivity contribution in [2.45, 2.75) is 6.54 Å². The fourth-order valence-electron chi connectivity index (χ4n) is 2.25. The molecular weight excluding hydrogens is 488 g/mol. The van der Waals surface area contributed by atoms with E-state index < -0.39 is 5.91 Å². The van der Waals surface area contributed by atoms with Gasteiger partial charge in [0.15, 0.2) is 0 Å². The number of benzene rings is 2. The number of nitrogens with zero attached hydrogens (tertiary/aromatic N) is 1. The van der Waals surface area contributed by atoms with E-state index in [0.717, 1.165) is 11.3 Å². The Morgan fingerprint density at radius 2 is 1.89 bits per heavy atom. The van der Waals surface area contributed by atoms with Crippen LogP contribution in [0.1, 0.15) is 11.1 Å². The molecule has 2 rings (SSSR count). The lowest BCUT2D eigenvalue weighted by Crippen LogP contribution is -2.23. The Bertz CT molecular complexity index is 948. The number of ether oxygens (including phenoxy) is 2. The second-order valence-corrected chi connectivity index (χ2v) is 7.22. The first kappa shape index (κ1) is 21.6. The molecule has 0 saturated heterocycles. The highest BCUT2D eigenvalue weighted by Crippen LogP contribution is 2.35. The Hall–Kier alpha value is -2.74. The van der Waals surface area contributed by atoms with Crippen molar-refractivity contribution in [2.24, 2.45) is 0 Å². The minimum Gasteiger partial charge on any atom is -0.497 e. The minimum absolute atomic E-state index is 0.00963. The Morgan fingerprint density at radius 1 is 1.25 bits per heavy atom. The molecule has 0 spiro atoms. The van der Waals surface area contributed by atoms with Crippen LogP contribution in [-0.4, -0.2) is 19.6 Å². The van der Waals surface area contributed by atoms with E-state index >= 15 is 0 Å². The number of hydrogen-bond acceptors (Lipinski definition) is 4. The van der Waals surface area contributed by atoms with Crippen LogP contribution < -0.4 is 14.8 Å². The largest absolute Gasteiger partial charge is 0.497 e. The van der Waals surface area contributed by atoms with Gasteiger partial charge in [-0.2, -0.15) is 5.26 Å². The maximum Gasteiger partial charge on any atom is 0.262 e. The summed E-state index contributed by atoms with van der Waals surface area (Å²) in [6.07, 6.45) is 6.71. The molecule has 7 heteroatoms. The average molecular weight is 504 g/mol. The number of carbonyl (C=O) groups excluding carboxylic acids is 1. The number of halogens is 2. The molecule has 0 saturated carbocycles. The van der Waals surface area contributed by atoms with Gasteiger partial charge < -0.3 is 14.8 Å². The first-order valence-corrected chi connectivity index (χ1v) is 9.65. The summed E-state index contributed by atoms with van der Waals surface area (Å²) in [5.74, 6) is 3.22. The molecule has 28 heavy (non-hydrogen) atoms. The number of carbonyl (C=O) groups is 1. The van der Waals surface area contributed by atoms with Crippen molar-refractivity contribution in [2.75, 3.05) is 13.7 Å². The van der Waals surface area contributed by atoms with Crippen molar-refractivity contribution in [3.05, 3.63) is 62.0 Å². The Balaban J connectivity index is 2.12. The predicted molar refractivity (Wildman–Crippen MR) is 115 cm³/mol. The molecule has 0 atom stereocenters. The molecule has 1 amide bonds. The summed E-state index contributed by atoms with van der Waals surface area (Å²) in [6.45, 7) is 0.428. The van der Waals surface area contributed by atoms with Crippen LogP contribution in [0.15, 0.2) is 50.9 Å². The van der Waals surface area contributed by atoms with Crippen molar-refractivity contribution in [1.29, 1.82) is 5.26 Å². The zero-order valence-corrected chi connectivity index (χ0v) is 18.1. The van der Waals surface area contributed by atoms with Crippen LogP contribution in [0, 0.1) is 23.7 Å². The fourth-order valence-corrected chi connectivity index (χ4v) is 3.70. The molecule has 0 aliphatic carbocycles. The van der Waals surface area contributed by atoms with E-state index in [1.54, 1.807) is 31.4 Å². The smallest absolute Gasteiger partial charge is 0.262 e. The van der Waals surface area contributed by atoms with Crippen LogP contribution in [0.25, 0.3) is 6.08 Å². The predicted octanol–water partition coefficient (Wildman–Crippen LogP) is 4.46. The summed E-state index contributed by atoms with van der Waals surface area (Å²) in [4.78, 5) is 12.4. The van der Waals surface area contributed by atoms with Crippen LogP contribution in [-0.2, 0) is 11.3 Å². The van der Waals surface area contributed by atoms with E-state index in [1.807, 2.05) is 18.2 Å². The molecule has 0 radical (unpaired) electrons. The zero-order chi connectivity index (χ0) is 20.5. The number of nitrogens with one attached hydrogen (secondary N) is 1. The van der Waals surface area contributed by atoms with Gasteiger partial charge in [0, 0.05) is 6.54 Å². The third-order valence-corrected chi connectivity index (χ3v) is 4.79. The van der Waals surface area contributed by atoms with Gasteiger partial charge in [-0.05, 0) is 73.3 Å². The summed E-state index contributed by atoms with van der Waals surface area (Å²) < 4.78 is 11.9. The number of methoxy groups -OCH3 is 1. The van der Waals surface area contributed by atoms with Crippen LogP contribution >= 0.6 is 31.9 Å². The zero-order valence-electron chi connectivity index (χ0n) is 15.0. The van der Waals surface area contributed by atoms with Gasteiger partial charge in [0.05, 0.1) is 16.1 Å². The summed E-state index contributed by atoms with van der Waals surface area (Å²) in [5, 5.41) is 12.1. The normalized spacial score (nSPS) is 10.5. The third-order valence-electron chi connectivity index (χ3n) is 3.61. The van der Waals surface area contributed by atoms with Gasteiger partial charge in [-0.15, -0.1) is 6.42 Å². The topological polar surface area (TPSA) is 71.3 Å². The number of hydrogen-bond donors (Lipinski definition) is 1. The van der Waals surface area contributed by atoms with Gasteiger partial charge in [-0.25, -0.2) is 0 Å². The fraction of sp³-hybridized carbons (Fsp3) is 0.143. The minimum atomic E-state index is -0.460. The lowest BCUT2D eigenvalue weighted by atomic mass is 10.1. The molecule has 5 nitrogen and oxygen atoms in total. The average Bonchev–Trinajstić information content (AvgIpc) is 2.70.